The molecule has 1 heterocycles. The molecule has 0 radical (unpaired) electrons. The lowest BCUT2D eigenvalue weighted by Crippen LogP contribution is -2.43. The summed E-state index contributed by atoms with van der Waals surface area (Å²) in [7, 11) is 0. The minimum atomic E-state index is -0.149. The van der Waals surface area contributed by atoms with Crippen LogP contribution in [0.5, 0.6) is 0 Å². The third-order valence-electron chi connectivity index (χ3n) is 6.11. The fourth-order valence-electron chi connectivity index (χ4n) is 4.43. The molecule has 1 N–H and O–H groups in total. The average Bonchev–Trinajstić information content (AvgIpc) is 2.78. The van der Waals surface area contributed by atoms with Crippen molar-refractivity contribution in [3.05, 3.63) is 70.8 Å². The van der Waals surface area contributed by atoms with Crippen LogP contribution in [0.2, 0.25) is 0 Å². The first-order valence-electron chi connectivity index (χ1n) is 10.3. The molecule has 5 nitrogen and oxygen atoms in total. The Morgan fingerprint density at radius 1 is 1.00 bits per heavy atom. The summed E-state index contributed by atoms with van der Waals surface area (Å²) in [5.74, 6) is 0.158. The van der Waals surface area contributed by atoms with Crippen LogP contribution in [-0.2, 0) is 17.8 Å². The first-order valence-corrected chi connectivity index (χ1v) is 10.3. The van der Waals surface area contributed by atoms with Crippen LogP contribution in [0.15, 0.2) is 48.5 Å². The van der Waals surface area contributed by atoms with Gasteiger partial charge in [-0.2, -0.15) is 5.26 Å². The third-order valence-corrected chi connectivity index (χ3v) is 6.11. The number of benzene rings is 2. The Bertz CT molecular complexity index is 955. The summed E-state index contributed by atoms with van der Waals surface area (Å²) in [4.78, 5) is 27.5. The van der Waals surface area contributed by atoms with E-state index in [2.05, 4.69) is 29.6 Å². The molecule has 1 aliphatic heterocycles. The predicted molar refractivity (Wildman–Crippen MR) is 110 cm³/mol. The van der Waals surface area contributed by atoms with Crippen molar-refractivity contribution >= 4 is 11.8 Å². The van der Waals surface area contributed by atoms with E-state index in [1.165, 1.54) is 11.1 Å². The van der Waals surface area contributed by atoms with E-state index in [4.69, 9.17) is 5.26 Å². The first-order chi connectivity index (χ1) is 14.1. The van der Waals surface area contributed by atoms with Crippen LogP contribution in [0.3, 0.4) is 0 Å². The maximum atomic E-state index is 13.0. The number of carbonyl (C=O) groups is 2. The van der Waals surface area contributed by atoms with E-state index in [1.54, 1.807) is 24.3 Å². The molecule has 1 aliphatic carbocycles. The second kappa shape index (κ2) is 8.48. The van der Waals surface area contributed by atoms with Crippen molar-refractivity contribution in [2.45, 2.75) is 44.7 Å². The maximum absolute atomic E-state index is 13.0. The zero-order chi connectivity index (χ0) is 20.2. The van der Waals surface area contributed by atoms with E-state index in [0.717, 1.165) is 38.6 Å². The van der Waals surface area contributed by atoms with Gasteiger partial charge in [0.1, 0.15) is 0 Å². The topological polar surface area (TPSA) is 73.2 Å². The van der Waals surface area contributed by atoms with Gasteiger partial charge in [-0.25, -0.2) is 0 Å². The fourth-order valence-corrected chi connectivity index (χ4v) is 4.43. The van der Waals surface area contributed by atoms with E-state index in [0.29, 0.717) is 17.7 Å². The van der Waals surface area contributed by atoms with Crippen molar-refractivity contribution in [3.63, 3.8) is 0 Å². The van der Waals surface area contributed by atoms with Crippen molar-refractivity contribution in [2.24, 2.45) is 5.92 Å². The van der Waals surface area contributed by atoms with Crippen molar-refractivity contribution in [2.75, 3.05) is 6.54 Å². The smallest absolute Gasteiger partial charge is 0.251 e. The van der Waals surface area contributed by atoms with Gasteiger partial charge in [0.05, 0.1) is 11.6 Å². The summed E-state index contributed by atoms with van der Waals surface area (Å²) in [6.07, 6.45) is 4.16. The Morgan fingerprint density at radius 3 is 2.52 bits per heavy atom. The number of nitrogens with zero attached hydrogens (tertiary/aromatic N) is 2. The number of hydrogen-bond acceptors (Lipinski definition) is 3. The van der Waals surface area contributed by atoms with E-state index in [9.17, 15) is 9.59 Å². The van der Waals surface area contributed by atoms with E-state index in [-0.39, 0.29) is 23.8 Å². The number of nitrogens with one attached hydrogen (secondary N) is 1. The molecular weight excluding hydrogens is 362 g/mol. The van der Waals surface area contributed by atoms with Gasteiger partial charge in [-0.1, -0.05) is 30.3 Å². The highest BCUT2D eigenvalue weighted by Crippen LogP contribution is 2.28. The summed E-state index contributed by atoms with van der Waals surface area (Å²) in [6.45, 7) is 1.50. The van der Waals surface area contributed by atoms with Crippen LogP contribution in [0, 0.1) is 17.2 Å². The molecule has 0 bridgehead atoms. The summed E-state index contributed by atoms with van der Waals surface area (Å²) in [6, 6.07) is 17.2. The van der Waals surface area contributed by atoms with E-state index >= 15 is 0 Å². The molecule has 2 amide bonds. The molecule has 1 fully saturated rings. The molecule has 4 rings (SSSR count). The number of hydrogen-bond donors (Lipinski definition) is 1. The summed E-state index contributed by atoms with van der Waals surface area (Å²) < 4.78 is 0. The summed E-state index contributed by atoms with van der Waals surface area (Å²) in [5, 5.41) is 12.1. The number of rotatable bonds is 3. The molecular formula is C24H25N3O2. The van der Waals surface area contributed by atoms with Crippen LogP contribution in [0.25, 0.3) is 0 Å². The lowest BCUT2D eigenvalue weighted by atomic mass is 9.84. The Labute approximate surface area is 171 Å². The number of fused-ring (bicyclic) bond motifs is 1. The van der Waals surface area contributed by atoms with E-state index in [1.807, 2.05) is 11.0 Å². The van der Waals surface area contributed by atoms with Crippen LogP contribution in [0.4, 0.5) is 0 Å². The number of nitriles is 1. The Kier molecular flexibility index (Phi) is 5.62. The lowest BCUT2D eigenvalue weighted by molar-refractivity contribution is -0.137. The summed E-state index contributed by atoms with van der Waals surface area (Å²) in [5.41, 5.74) is 3.60. The molecule has 0 saturated heterocycles. The predicted octanol–water partition coefficient (Wildman–Crippen LogP) is 3.43. The van der Waals surface area contributed by atoms with Crippen LogP contribution in [-0.4, -0.2) is 29.3 Å². The molecule has 148 valence electrons. The normalized spacial score (nSPS) is 21.0. The lowest BCUT2D eigenvalue weighted by Gasteiger charge is -2.35. The quantitative estimate of drug-likeness (QED) is 0.877. The van der Waals surface area contributed by atoms with Crippen molar-refractivity contribution in [1.82, 2.24) is 10.2 Å². The van der Waals surface area contributed by atoms with Crippen molar-refractivity contribution in [3.8, 4) is 6.07 Å². The molecule has 29 heavy (non-hydrogen) atoms. The highest BCUT2D eigenvalue weighted by molar-refractivity contribution is 5.94. The molecule has 2 aliphatic rings. The Hall–Kier alpha value is -3.13. The van der Waals surface area contributed by atoms with Gasteiger partial charge in [-0.3, -0.25) is 9.59 Å². The second-order valence-corrected chi connectivity index (χ2v) is 7.99. The monoisotopic (exact) mass is 387 g/mol. The van der Waals surface area contributed by atoms with E-state index < -0.39 is 0 Å². The van der Waals surface area contributed by atoms with Crippen molar-refractivity contribution < 1.29 is 9.59 Å². The van der Waals surface area contributed by atoms with Gasteiger partial charge >= 0.3 is 0 Å². The number of amides is 2. The maximum Gasteiger partial charge on any atom is 0.251 e. The van der Waals surface area contributed by atoms with Gasteiger partial charge in [0.15, 0.2) is 0 Å². The molecule has 1 saturated carbocycles. The van der Waals surface area contributed by atoms with Crippen molar-refractivity contribution in [1.29, 1.82) is 5.26 Å². The van der Waals surface area contributed by atoms with Crippen LogP contribution in [0.1, 0.15) is 52.7 Å². The molecule has 2 aromatic rings. The van der Waals surface area contributed by atoms with Gasteiger partial charge in [0, 0.05) is 30.6 Å². The van der Waals surface area contributed by atoms with Gasteiger partial charge < -0.3 is 10.2 Å². The SMILES string of the molecule is N#Cc1cccc(C(=O)NC2CCC(C(=O)N3CCc4ccccc4C3)CC2)c1. The average molecular weight is 387 g/mol. The largest absolute Gasteiger partial charge is 0.349 e. The molecule has 2 aromatic carbocycles. The van der Waals surface area contributed by atoms with Gasteiger partial charge in [0.2, 0.25) is 5.91 Å². The standard InChI is InChI=1S/C24H25N3O2/c25-15-17-4-3-7-20(14-17)23(28)26-22-10-8-19(9-11-22)24(29)27-13-12-18-5-1-2-6-21(18)16-27/h1-7,14,19,22H,8-13,16H2,(H,26,28). The Morgan fingerprint density at radius 2 is 1.76 bits per heavy atom. The zero-order valence-electron chi connectivity index (χ0n) is 16.4. The minimum absolute atomic E-state index is 0.0512. The van der Waals surface area contributed by atoms with Gasteiger partial charge in [-0.15, -0.1) is 0 Å². The fraction of sp³-hybridized carbons (Fsp3) is 0.375. The first kappa shape index (κ1) is 19.2. The Balaban J connectivity index is 1.30. The van der Waals surface area contributed by atoms with Crippen LogP contribution >= 0.6 is 0 Å². The second-order valence-electron chi connectivity index (χ2n) is 7.99. The van der Waals surface area contributed by atoms with Gasteiger partial charge in [-0.05, 0) is 61.4 Å². The highest BCUT2D eigenvalue weighted by Gasteiger charge is 2.31. The minimum Gasteiger partial charge on any atom is -0.349 e. The molecule has 0 aromatic heterocycles. The highest BCUT2D eigenvalue weighted by atomic mass is 16.2. The summed E-state index contributed by atoms with van der Waals surface area (Å²) >= 11 is 0. The van der Waals surface area contributed by atoms with Crippen LogP contribution < -0.4 is 5.32 Å². The molecule has 0 spiro atoms. The molecule has 5 heteroatoms. The number of carbonyl (C=O) groups excluding carboxylic acids is 2. The third kappa shape index (κ3) is 4.32. The zero-order valence-corrected chi connectivity index (χ0v) is 16.4. The van der Waals surface area contributed by atoms with Gasteiger partial charge in [0.25, 0.3) is 5.91 Å². The molecule has 0 atom stereocenters. The molecule has 0 unspecified atom stereocenters.